The zero-order chi connectivity index (χ0) is 13.0. The van der Waals surface area contributed by atoms with Crippen LogP contribution in [-0.2, 0) is 12.3 Å². The second-order valence-electron chi connectivity index (χ2n) is 3.42. The number of rotatable bonds is 5. The van der Waals surface area contributed by atoms with Gasteiger partial charge in [0.15, 0.2) is 11.6 Å². The predicted molar refractivity (Wildman–Crippen MR) is 64.7 cm³/mol. The van der Waals surface area contributed by atoms with E-state index in [-0.39, 0.29) is 18.1 Å². The minimum atomic E-state index is -0.385. The second kappa shape index (κ2) is 5.83. The van der Waals surface area contributed by atoms with Crippen molar-refractivity contribution in [2.24, 2.45) is 5.73 Å². The lowest BCUT2D eigenvalue weighted by Gasteiger charge is -2.03. The lowest BCUT2D eigenvalue weighted by atomic mass is 10.2. The molecule has 1 aromatic heterocycles. The first kappa shape index (κ1) is 12.8. The molecule has 0 amide bonds. The van der Waals surface area contributed by atoms with Crippen molar-refractivity contribution < 1.29 is 13.5 Å². The molecule has 0 saturated heterocycles. The van der Waals surface area contributed by atoms with Gasteiger partial charge in [0.25, 0.3) is 5.22 Å². The largest absolute Gasteiger partial charge is 0.494 e. The SMILES string of the molecule is COc1ccc(CSc2nnc(CN)o2)cc1F. The fourth-order valence-electron chi connectivity index (χ4n) is 1.32. The van der Waals surface area contributed by atoms with E-state index in [1.54, 1.807) is 12.1 Å². The number of thioether (sulfide) groups is 1. The lowest BCUT2D eigenvalue weighted by Crippen LogP contribution is -1.95. The fraction of sp³-hybridized carbons (Fsp3) is 0.273. The molecule has 0 atom stereocenters. The van der Waals surface area contributed by atoms with E-state index in [4.69, 9.17) is 14.9 Å². The maximum absolute atomic E-state index is 13.4. The predicted octanol–water partition coefficient (Wildman–Crippen LogP) is 1.97. The maximum atomic E-state index is 13.4. The summed E-state index contributed by atoms with van der Waals surface area (Å²) < 4.78 is 23.5. The van der Waals surface area contributed by atoms with E-state index in [1.807, 2.05) is 0 Å². The number of halogens is 1. The average molecular weight is 269 g/mol. The van der Waals surface area contributed by atoms with Crippen LogP contribution in [0.4, 0.5) is 4.39 Å². The highest BCUT2D eigenvalue weighted by Crippen LogP contribution is 2.24. The zero-order valence-electron chi connectivity index (χ0n) is 9.72. The molecule has 0 aliphatic rings. The van der Waals surface area contributed by atoms with E-state index in [2.05, 4.69) is 10.2 Å². The normalized spacial score (nSPS) is 10.6. The smallest absolute Gasteiger partial charge is 0.276 e. The molecule has 2 aromatic rings. The Morgan fingerprint density at radius 2 is 2.28 bits per heavy atom. The Labute approximate surface area is 108 Å². The Morgan fingerprint density at radius 3 is 2.89 bits per heavy atom. The number of nitrogens with zero attached hydrogens (tertiary/aromatic N) is 2. The molecule has 1 aromatic carbocycles. The van der Waals surface area contributed by atoms with Crippen molar-refractivity contribution >= 4 is 11.8 Å². The molecule has 0 saturated carbocycles. The highest BCUT2D eigenvalue weighted by Gasteiger charge is 2.07. The van der Waals surface area contributed by atoms with Gasteiger partial charge in [-0.2, -0.15) is 0 Å². The number of hydrogen-bond acceptors (Lipinski definition) is 6. The molecular weight excluding hydrogens is 257 g/mol. The third-order valence-electron chi connectivity index (χ3n) is 2.20. The van der Waals surface area contributed by atoms with Gasteiger partial charge in [-0.15, -0.1) is 10.2 Å². The van der Waals surface area contributed by atoms with E-state index < -0.39 is 0 Å². The zero-order valence-corrected chi connectivity index (χ0v) is 10.5. The molecule has 0 unspecified atom stereocenters. The molecule has 1 heterocycles. The summed E-state index contributed by atoms with van der Waals surface area (Å²) in [5, 5.41) is 7.96. The molecule has 0 aliphatic heterocycles. The van der Waals surface area contributed by atoms with Crippen LogP contribution in [0, 0.1) is 5.82 Å². The molecule has 96 valence electrons. The first-order chi connectivity index (χ1) is 8.72. The maximum Gasteiger partial charge on any atom is 0.276 e. The van der Waals surface area contributed by atoms with Gasteiger partial charge in [0, 0.05) is 5.75 Å². The van der Waals surface area contributed by atoms with Crippen molar-refractivity contribution in [1.82, 2.24) is 10.2 Å². The highest BCUT2D eigenvalue weighted by molar-refractivity contribution is 7.98. The summed E-state index contributed by atoms with van der Waals surface area (Å²) in [6, 6.07) is 4.80. The van der Waals surface area contributed by atoms with Crippen LogP contribution in [0.1, 0.15) is 11.5 Å². The van der Waals surface area contributed by atoms with Gasteiger partial charge in [0.05, 0.1) is 13.7 Å². The summed E-state index contributed by atoms with van der Waals surface area (Å²) in [6.07, 6.45) is 0. The fourth-order valence-corrected chi connectivity index (χ4v) is 2.05. The number of hydrogen-bond donors (Lipinski definition) is 1. The lowest BCUT2D eigenvalue weighted by molar-refractivity contribution is 0.386. The van der Waals surface area contributed by atoms with Crippen molar-refractivity contribution in [3.8, 4) is 5.75 Å². The van der Waals surface area contributed by atoms with Crippen LogP contribution in [0.3, 0.4) is 0 Å². The summed E-state index contributed by atoms with van der Waals surface area (Å²) in [6.45, 7) is 0.213. The van der Waals surface area contributed by atoms with E-state index >= 15 is 0 Å². The standard InChI is InChI=1S/C11H12FN3O2S/c1-16-9-3-2-7(4-8(9)12)6-18-11-15-14-10(5-13)17-11/h2-4H,5-6,13H2,1H3. The Bertz CT molecular complexity index is 533. The number of benzene rings is 1. The molecule has 5 nitrogen and oxygen atoms in total. The van der Waals surface area contributed by atoms with E-state index in [9.17, 15) is 4.39 Å². The van der Waals surface area contributed by atoms with Gasteiger partial charge in [-0.05, 0) is 17.7 Å². The van der Waals surface area contributed by atoms with Gasteiger partial charge in [0.2, 0.25) is 5.89 Å². The van der Waals surface area contributed by atoms with Crippen molar-refractivity contribution in [3.63, 3.8) is 0 Å². The molecule has 0 spiro atoms. The minimum absolute atomic E-state index is 0.213. The number of nitrogens with two attached hydrogens (primary N) is 1. The molecular formula is C11H12FN3O2S. The average Bonchev–Trinajstić information content (AvgIpc) is 2.84. The van der Waals surface area contributed by atoms with Crippen LogP contribution in [-0.4, -0.2) is 17.3 Å². The van der Waals surface area contributed by atoms with Gasteiger partial charge >= 0.3 is 0 Å². The number of ether oxygens (including phenoxy) is 1. The van der Waals surface area contributed by atoms with Crippen LogP contribution in [0.15, 0.2) is 27.8 Å². The first-order valence-corrected chi connectivity index (χ1v) is 6.19. The van der Waals surface area contributed by atoms with Crippen molar-refractivity contribution in [3.05, 3.63) is 35.5 Å². The quantitative estimate of drug-likeness (QED) is 0.836. The van der Waals surface area contributed by atoms with Gasteiger partial charge in [-0.3, -0.25) is 0 Å². The third kappa shape index (κ3) is 2.99. The summed E-state index contributed by atoms with van der Waals surface area (Å²) >= 11 is 1.33. The highest BCUT2D eigenvalue weighted by atomic mass is 32.2. The van der Waals surface area contributed by atoms with Gasteiger partial charge in [-0.1, -0.05) is 17.8 Å². The Hall–Kier alpha value is -1.60. The Balaban J connectivity index is 1.99. The molecule has 0 bridgehead atoms. The van der Waals surface area contributed by atoms with Crippen LogP contribution >= 0.6 is 11.8 Å². The Kier molecular flexibility index (Phi) is 4.16. The topological polar surface area (TPSA) is 74.2 Å². The van der Waals surface area contributed by atoms with Crippen LogP contribution < -0.4 is 10.5 Å². The molecule has 0 aliphatic carbocycles. The summed E-state index contributed by atoms with van der Waals surface area (Å²) in [7, 11) is 1.43. The van der Waals surface area contributed by atoms with Gasteiger partial charge in [0.1, 0.15) is 0 Å². The molecule has 0 fully saturated rings. The van der Waals surface area contributed by atoms with E-state index in [1.165, 1.54) is 24.9 Å². The van der Waals surface area contributed by atoms with E-state index in [0.717, 1.165) is 5.56 Å². The van der Waals surface area contributed by atoms with Gasteiger partial charge in [-0.25, -0.2) is 4.39 Å². The molecule has 7 heteroatoms. The Morgan fingerprint density at radius 1 is 1.44 bits per heavy atom. The number of aromatic nitrogens is 2. The second-order valence-corrected chi connectivity index (χ2v) is 4.35. The number of methoxy groups -OCH3 is 1. The van der Waals surface area contributed by atoms with Crippen LogP contribution in [0.5, 0.6) is 5.75 Å². The molecule has 0 radical (unpaired) electrons. The summed E-state index contributed by atoms with van der Waals surface area (Å²) in [5.74, 6) is 0.766. The van der Waals surface area contributed by atoms with Crippen molar-refractivity contribution in [1.29, 1.82) is 0 Å². The van der Waals surface area contributed by atoms with Gasteiger partial charge < -0.3 is 14.9 Å². The molecule has 2 rings (SSSR count). The minimum Gasteiger partial charge on any atom is -0.494 e. The third-order valence-corrected chi connectivity index (χ3v) is 3.09. The molecule has 18 heavy (non-hydrogen) atoms. The van der Waals surface area contributed by atoms with Crippen LogP contribution in [0.25, 0.3) is 0 Å². The van der Waals surface area contributed by atoms with E-state index in [0.29, 0.717) is 16.9 Å². The first-order valence-electron chi connectivity index (χ1n) is 5.20. The molecule has 2 N–H and O–H groups in total. The summed E-state index contributed by atoms with van der Waals surface area (Å²) in [4.78, 5) is 0. The summed E-state index contributed by atoms with van der Waals surface area (Å²) in [5.41, 5.74) is 6.16. The van der Waals surface area contributed by atoms with Crippen molar-refractivity contribution in [2.45, 2.75) is 17.5 Å². The van der Waals surface area contributed by atoms with Crippen molar-refractivity contribution in [2.75, 3.05) is 7.11 Å². The monoisotopic (exact) mass is 269 g/mol. The van der Waals surface area contributed by atoms with Crippen LogP contribution in [0.2, 0.25) is 0 Å².